The molecule has 28 heavy (non-hydrogen) atoms. The minimum Gasteiger partial charge on any atom is -0.490 e. The molecule has 1 fully saturated rings. The summed E-state index contributed by atoms with van der Waals surface area (Å²) >= 11 is 0. The molecule has 10 heteroatoms. The van der Waals surface area contributed by atoms with Crippen molar-refractivity contribution in [3.8, 4) is 17.1 Å². The van der Waals surface area contributed by atoms with Crippen molar-refractivity contribution in [1.29, 1.82) is 0 Å². The molecule has 2 aromatic carbocycles. The molecule has 1 heterocycles. The van der Waals surface area contributed by atoms with Gasteiger partial charge in [-0.3, -0.25) is 14.9 Å². The van der Waals surface area contributed by atoms with Crippen LogP contribution in [0.3, 0.4) is 0 Å². The van der Waals surface area contributed by atoms with Gasteiger partial charge in [0, 0.05) is 22.9 Å². The van der Waals surface area contributed by atoms with Gasteiger partial charge in [-0.2, -0.15) is 0 Å². The van der Waals surface area contributed by atoms with E-state index < -0.39 is 10.8 Å². The van der Waals surface area contributed by atoms with Gasteiger partial charge in [0.05, 0.1) is 18.1 Å². The number of hydrogen-bond donors (Lipinski definition) is 1. The summed E-state index contributed by atoms with van der Waals surface area (Å²) in [6, 6.07) is 11.5. The van der Waals surface area contributed by atoms with Crippen molar-refractivity contribution in [1.82, 2.24) is 20.2 Å². The number of nitrogens with zero attached hydrogens (tertiary/aromatic N) is 5. The van der Waals surface area contributed by atoms with Crippen LogP contribution < -0.4 is 10.1 Å². The highest BCUT2D eigenvalue weighted by Crippen LogP contribution is 2.36. The zero-order valence-electron chi connectivity index (χ0n) is 14.9. The predicted octanol–water partition coefficient (Wildman–Crippen LogP) is 2.84. The van der Waals surface area contributed by atoms with Gasteiger partial charge in [-0.1, -0.05) is 0 Å². The van der Waals surface area contributed by atoms with Gasteiger partial charge in [-0.15, -0.1) is 5.10 Å². The Morgan fingerprint density at radius 2 is 2.00 bits per heavy atom. The van der Waals surface area contributed by atoms with Crippen LogP contribution >= 0.6 is 0 Å². The first-order valence-electron chi connectivity index (χ1n) is 8.59. The molecule has 0 atom stereocenters. The summed E-state index contributed by atoms with van der Waals surface area (Å²) in [5.41, 5.74) is 1.29. The third kappa shape index (κ3) is 3.39. The normalized spacial score (nSPS) is 13.2. The van der Waals surface area contributed by atoms with Gasteiger partial charge in [0.25, 0.3) is 5.91 Å². The van der Waals surface area contributed by atoms with Crippen LogP contribution in [0.5, 0.6) is 5.75 Å². The standard InChI is InChI=1S/C18H16N6O4/c1-28-16-9-4-12(10-15(16)24(26)27)18(25)19-13-5-2-11(3-6-13)17-20-21-22-23(17)14-7-8-14/h2-6,9-10,14H,7-8H2,1H3,(H,19,25). The third-order valence-corrected chi connectivity index (χ3v) is 4.42. The molecule has 0 bridgehead atoms. The summed E-state index contributed by atoms with van der Waals surface area (Å²) in [5, 5.41) is 25.7. The predicted molar refractivity (Wildman–Crippen MR) is 99.1 cm³/mol. The Bertz CT molecular complexity index is 1040. The fourth-order valence-corrected chi connectivity index (χ4v) is 2.83. The molecule has 3 aromatic rings. The number of ether oxygens (including phenoxy) is 1. The minimum atomic E-state index is -0.589. The van der Waals surface area contributed by atoms with Gasteiger partial charge in [-0.25, -0.2) is 4.68 Å². The summed E-state index contributed by atoms with van der Waals surface area (Å²) in [5.74, 6) is 0.326. The summed E-state index contributed by atoms with van der Waals surface area (Å²) in [6.45, 7) is 0. The SMILES string of the molecule is COc1ccc(C(=O)Nc2ccc(-c3nnnn3C3CC3)cc2)cc1[N+](=O)[O-]. The molecular weight excluding hydrogens is 364 g/mol. The fourth-order valence-electron chi connectivity index (χ4n) is 2.83. The number of anilines is 1. The third-order valence-electron chi connectivity index (χ3n) is 4.42. The Labute approximate surface area is 159 Å². The lowest BCUT2D eigenvalue weighted by Gasteiger charge is -2.08. The van der Waals surface area contributed by atoms with E-state index in [2.05, 4.69) is 20.8 Å². The molecule has 0 saturated heterocycles. The number of benzene rings is 2. The molecule has 4 rings (SSSR count). The summed E-state index contributed by atoms with van der Waals surface area (Å²) < 4.78 is 6.76. The highest BCUT2D eigenvalue weighted by molar-refractivity contribution is 6.04. The quantitative estimate of drug-likeness (QED) is 0.515. The highest BCUT2D eigenvalue weighted by Gasteiger charge is 2.28. The van der Waals surface area contributed by atoms with E-state index in [0.29, 0.717) is 17.6 Å². The van der Waals surface area contributed by atoms with Crippen molar-refractivity contribution in [2.24, 2.45) is 0 Å². The lowest BCUT2D eigenvalue weighted by atomic mass is 10.1. The number of carbonyl (C=O) groups excluding carboxylic acids is 1. The van der Waals surface area contributed by atoms with Crippen LogP contribution in [0.25, 0.3) is 11.4 Å². The van der Waals surface area contributed by atoms with E-state index in [0.717, 1.165) is 18.4 Å². The van der Waals surface area contributed by atoms with Crippen molar-refractivity contribution in [3.05, 3.63) is 58.1 Å². The molecule has 1 saturated carbocycles. The number of tetrazole rings is 1. The van der Waals surface area contributed by atoms with Crippen LogP contribution in [-0.2, 0) is 0 Å². The fraction of sp³-hybridized carbons (Fsp3) is 0.222. The maximum absolute atomic E-state index is 12.4. The second-order valence-electron chi connectivity index (χ2n) is 6.35. The number of carbonyl (C=O) groups is 1. The van der Waals surface area contributed by atoms with Crippen LogP contribution in [0.1, 0.15) is 29.2 Å². The summed E-state index contributed by atoms with van der Waals surface area (Å²) in [6.07, 6.45) is 2.14. The number of methoxy groups -OCH3 is 1. The van der Waals surface area contributed by atoms with E-state index in [1.54, 1.807) is 12.1 Å². The zero-order chi connectivity index (χ0) is 19.7. The number of nitro groups is 1. The Hall–Kier alpha value is -3.82. The molecule has 1 amide bonds. The minimum absolute atomic E-state index is 0.0966. The van der Waals surface area contributed by atoms with Gasteiger partial charge in [0.15, 0.2) is 11.6 Å². The molecule has 0 radical (unpaired) electrons. The zero-order valence-corrected chi connectivity index (χ0v) is 14.9. The van der Waals surface area contributed by atoms with Gasteiger partial charge in [0.1, 0.15) is 0 Å². The van der Waals surface area contributed by atoms with Gasteiger partial charge < -0.3 is 10.1 Å². The van der Waals surface area contributed by atoms with Crippen LogP contribution in [0.2, 0.25) is 0 Å². The maximum Gasteiger partial charge on any atom is 0.311 e. The number of nitro benzene ring substituents is 1. The molecule has 1 aromatic heterocycles. The van der Waals surface area contributed by atoms with E-state index in [1.165, 1.54) is 25.3 Å². The molecular formula is C18H16N6O4. The maximum atomic E-state index is 12.4. The first-order valence-corrected chi connectivity index (χ1v) is 8.59. The Kier molecular flexibility index (Phi) is 4.44. The molecule has 10 nitrogen and oxygen atoms in total. The van der Waals surface area contributed by atoms with Crippen molar-refractivity contribution in [2.75, 3.05) is 12.4 Å². The Morgan fingerprint density at radius 1 is 1.25 bits per heavy atom. The van der Waals surface area contributed by atoms with Crippen molar-refractivity contribution in [3.63, 3.8) is 0 Å². The molecule has 0 aliphatic heterocycles. The van der Waals surface area contributed by atoms with Crippen LogP contribution in [0.4, 0.5) is 11.4 Å². The lowest BCUT2D eigenvalue weighted by Crippen LogP contribution is -2.12. The van der Waals surface area contributed by atoms with Gasteiger partial charge in [0.2, 0.25) is 0 Å². The first-order chi connectivity index (χ1) is 13.6. The molecule has 142 valence electrons. The summed E-state index contributed by atoms with van der Waals surface area (Å²) in [7, 11) is 1.34. The molecule has 0 spiro atoms. The van der Waals surface area contributed by atoms with Crippen molar-refractivity contribution in [2.45, 2.75) is 18.9 Å². The van der Waals surface area contributed by atoms with E-state index in [9.17, 15) is 14.9 Å². The number of aromatic nitrogens is 4. The largest absolute Gasteiger partial charge is 0.490 e. The monoisotopic (exact) mass is 380 g/mol. The smallest absolute Gasteiger partial charge is 0.311 e. The first kappa shape index (κ1) is 17.6. The highest BCUT2D eigenvalue weighted by atomic mass is 16.6. The van der Waals surface area contributed by atoms with E-state index in [-0.39, 0.29) is 17.0 Å². The Balaban J connectivity index is 1.51. The number of nitrogens with one attached hydrogen (secondary N) is 1. The van der Waals surface area contributed by atoms with E-state index in [1.807, 2.05) is 16.8 Å². The van der Waals surface area contributed by atoms with Crippen molar-refractivity contribution >= 4 is 17.3 Å². The Morgan fingerprint density at radius 3 is 2.64 bits per heavy atom. The van der Waals surface area contributed by atoms with E-state index in [4.69, 9.17) is 4.74 Å². The lowest BCUT2D eigenvalue weighted by molar-refractivity contribution is -0.385. The van der Waals surface area contributed by atoms with Crippen LogP contribution in [0.15, 0.2) is 42.5 Å². The molecule has 1 N–H and O–H groups in total. The second kappa shape index (κ2) is 7.06. The van der Waals surface area contributed by atoms with E-state index >= 15 is 0 Å². The van der Waals surface area contributed by atoms with Gasteiger partial charge >= 0.3 is 5.69 Å². The molecule has 0 unspecified atom stereocenters. The van der Waals surface area contributed by atoms with Crippen molar-refractivity contribution < 1.29 is 14.5 Å². The molecule has 1 aliphatic rings. The average Bonchev–Trinajstić information content (AvgIpc) is 3.44. The van der Waals surface area contributed by atoms with Crippen LogP contribution in [-0.4, -0.2) is 38.1 Å². The number of rotatable bonds is 6. The van der Waals surface area contributed by atoms with Gasteiger partial charge in [-0.05, 0) is 59.7 Å². The average molecular weight is 380 g/mol. The summed E-state index contributed by atoms with van der Waals surface area (Å²) in [4.78, 5) is 23.0. The number of hydrogen-bond acceptors (Lipinski definition) is 7. The molecule has 1 aliphatic carbocycles. The number of amides is 1. The topological polar surface area (TPSA) is 125 Å². The second-order valence-corrected chi connectivity index (χ2v) is 6.35. The van der Waals surface area contributed by atoms with Crippen LogP contribution in [0, 0.1) is 10.1 Å².